The Morgan fingerprint density at radius 1 is 1.10 bits per heavy atom. The monoisotopic (exact) mass is 287 g/mol. The first kappa shape index (κ1) is 18.3. The van der Waals surface area contributed by atoms with E-state index in [1.165, 1.54) is 0 Å². The number of hydrogen-bond acceptors (Lipinski definition) is 6. The van der Waals surface area contributed by atoms with E-state index in [9.17, 15) is 9.59 Å². The van der Waals surface area contributed by atoms with Gasteiger partial charge in [-0.05, 0) is 25.2 Å². The Balaban J connectivity index is 4.06. The molecule has 0 rings (SSSR count). The fourth-order valence-corrected chi connectivity index (χ4v) is 1.49. The Hall–Kier alpha value is -1.67. The van der Waals surface area contributed by atoms with Crippen molar-refractivity contribution in [1.29, 1.82) is 0 Å². The predicted octanol–water partition coefficient (Wildman–Crippen LogP) is -1.19. The molecule has 8 N–H and O–H groups in total. The predicted molar refractivity (Wildman–Crippen MR) is 76.4 cm³/mol. The summed E-state index contributed by atoms with van der Waals surface area (Å²) in [4.78, 5) is 26.9. The molecule has 0 fully saturated rings. The molecule has 0 heterocycles. The van der Waals surface area contributed by atoms with Gasteiger partial charge in [-0.3, -0.25) is 4.99 Å². The summed E-state index contributed by atoms with van der Waals surface area (Å²) in [5.41, 5.74) is 21.5. The highest BCUT2D eigenvalue weighted by atomic mass is 16.6. The third-order valence-corrected chi connectivity index (χ3v) is 2.50. The molecule has 0 spiro atoms. The zero-order chi connectivity index (χ0) is 15.7. The van der Waals surface area contributed by atoms with Crippen molar-refractivity contribution in [3.63, 3.8) is 0 Å². The Labute approximate surface area is 118 Å². The highest BCUT2D eigenvalue weighted by Gasteiger charge is 2.23. The van der Waals surface area contributed by atoms with Crippen LogP contribution in [0, 0.1) is 5.92 Å². The van der Waals surface area contributed by atoms with Crippen LogP contribution >= 0.6 is 0 Å². The van der Waals surface area contributed by atoms with Gasteiger partial charge in [0.25, 0.3) is 0 Å². The van der Waals surface area contributed by atoms with Gasteiger partial charge in [0, 0.05) is 6.54 Å². The van der Waals surface area contributed by atoms with Gasteiger partial charge >= 0.3 is 11.9 Å². The minimum atomic E-state index is -0.889. The lowest BCUT2D eigenvalue weighted by molar-refractivity contribution is -0.161. The molecular weight excluding hydrogens is 262 g/mol. The smallest absolute Gasteiger partial charge is 0.330 e. The zero-order valence-corrected chi connectivity index (χ0v) is 12.0. The number of aliphatic imine (C=N–C) groups is 1. The molecule has 0 unspecified atom stereocenters. The molecule has 0 amide bonds. The molecule has 0 saturated heterocycles. The highest BCUT2D eigenvalue weighted by molar-refractivity contribution is 5.90. The van der Waals surface area contributed by atoms with Crippen LogP contribution in [0.25, 0.3) is 0 Å². The second-order valence-corrected chi connectivity index (χ2v) is 5.03. The molecule has 0 aliphatic carbocycles. The van der Waals surface area contributed by atoms with Gasteiger partial charge in [0.05, 0.1) is 0 Å². The Kier molecular flexibility index (Phi) is 8.49. The normalized spacial score (nSPS) is 13.7. The van der Waals surface area contributed by atoms with Crippen LogP contribution in [-0.4, -0.2) is 36.5 Å². The molecule has 0 aromatic rings. The van der Waals surface area contributed by atoms with E-state index in [4.69, 9.17) is 22.9 Å². The fourth-order valence-electron chi connectivity index (χ4n) is 1.49. The van der Waals surface area contributed by atoms with Crippen LogP contribution in [0.2, 0.25) is 0 Å². The maximum absolute atomic E-state index is 11.6. The van der Waals surface area contributed by atoms with E-state index >= 15 is 0 Å². The van der Waals surface area contributed by atoms with Gasteiger partial charge in [-0.2, -0.15) is 0 Å². The summed E-state index contributed by atoms with van der Waals surface area (Å²) >= 11 is 0. The second-order valence-electron chi connectivity index (χ2n) is 5.03. The molecule has 0 aliphatic rings. The number of carbonyl (C=O) groups excluding carboxylic acids is 2. The first-order valence-electron chi connectivity index (χ1n) is 6.56. The summed E-state index contributed by atoms with van der Waals surface area (Å²) in [7, 11) is 0. The van der Waals surface area contributed by atoms with Gasteiger partial charge in [-0.1, -0.05) is 13.8 Å². The average molecular weight is 287 g/mol. The number of nitrogens with zero attached hydrogens (tertiary/aromatic N) is 1. The zero-order valence-electron chi connectivity index (χ0n) is 12.0. The molecule has 2 atom stereocenters. The van der Waals surface area contributed by atoms with E-state index in [0.29, 0.717) is 25.8 Å². The lowest BCUT2D eigenvalue weighted by atomic mass is 10.0. The molecule has 0 saturated carbocycles. The summed E-state index contributed by atoms with van der Waals surface area (Å²) in [6.07, 6.45) is 1.29. The number of ether oxygens (including phenoxy) is 1. The van der Waals surface area contributed by atoms with Crippen molar-refractivity contribution < 1.29 is 14.3 Å². The van der Waals surface area contributed by atoms with Crippen LogP contribution in [0.3, 0.4) is 0 Å². The molecule has 0 aromatic heterocycles. The lowest BCUT2D eigenvalue weighted by Crippen LogP contribution is -2.40. The maximum atomic E-state index is 11.6. The van der Waals surface area contributed by atoms with Gasteiger partial charge < -0.3 is 27.7 Å². The van der Waals surface area contributed by atoms with Gasteiger partial charge in [0.2, 0.25) is 0 Å². The summed E-state index contributed by atoms with van der Waals surface area (Å²) in [5.74, 6) is -1.31. The fraction of sp³-hybridized carbons (Fsp3) is 0.750. The number of rotatable bonds is 8. The van der Waals surface area contributed by atoms with Crippen molar-refractivity contribution in [1.82, 2.24) is 0 Å². The highest BCUT2D eigenvalue weighted by Crippen LogP contribution is 2.05. The van der Waals surface area contributed by atoms with Crippen molar-refractivity contribution in [2.75, 3.05) is 6.54 Å². The van der Waals surface area contributed by atoms with Crippen molar-refractivity contribution in [2.24, 2.45) is 33.8 Å². The van der Waals surface area contributed by atoms with Crippen LogP contribution in [0.4, 0.5) is 0 Å². The second kappa shape index (κ2) is 9.27. The van der Waals surface area contributed by atoms with Crippen LogP contribution in [0.15, 0.2) is 4.99 Å². The maximum Gasteiger partial charge on any atom is 0.330 e. The summed E-state index contributed by atoms with van der Waals surface area (Å²) in [6.45, 7) is 4.21. The molecular formula is C12H25N5O3. The molecule has 8 heteroatoms. The molecule has 0 aliphatic heterocycles. The molecule has 0 radical (unpaired) electrons. The minimum Gasteiger partial charge on any atom is -0.391 e. The molecule has 8 nitrogen and oxygen atoms in total. The Morgan fingerprint density at radius 3 is 2.15 bits per heavy atom. The molecule has 20 heavy (non-hydrogen) atoms. The van der Waals surface area contributed by atoms with E-state index in [1.807, 2.05) is 13.8 Å². The van der Waals surface area contributed by atoms with E-state index in [1.54, 1.807) is 0 Å². The third-order valence-electron chi connectivity index (χ3n) is 2.50. The van der Waals surface area contributed by atoms with Gasteiger partial charge in [-0.25, -0.2) is 9.59 Å². The number of nitrogens with two attached hydrogens (primary N) is 4. The lowest BCUT2D eigenvalue weighted by Gasteiger charge is -2.14. The van der Waals surface area contributed by atoms with Crippen LogP contribution in [-0.2, 0) is 14.3 Å². The first-order chi connectivity index (χ1) is 9.23. The SMILES string of the molecule is CC(C)C[C@H](N)C(=O)OC(=O)[C@H](N)CCCN=C(N)N. The largest absolute Gasteiger partial charge is 0.391 e. The van der Waals surface area contributed by atoms with Crippen LogP contribution in [0.1, 0.15) is 33.1 Å². The minimum absolute atomic E-state index is 0.0176. The Bertz CT molecular complexity index is 353. The summed E-state index contributed by atoms with van der Waals surface area (Å²) < 4.78 is 4.64. The van der Waals surface area contributed by atoms with E-state index in [2.05, 4.69) is 9.73 Å². The van der Waals surface area contributed by atoms with Crippen LogP contribution in [0.5, 0.6) is 0 Å². The van der Waals surface area contributed by atoms with Crippen molar-refractivity contribution in [3.8, 4) is 0 Å². The first-order valence-corrected chi connectivity index (χ1v) is 6.56. The van der Waals surface area contributed by atoms with Gasteiger partial charge in [0.1, 0.15) is 12.1 Å². The number of hydrogen-bond donors (Lipinski definition) is 4. The van der Waals surface area contributed by atoms with Crippen molar-refractivity contribution >= 4 is 17.9 Å². The van der Waals surface area contributed by atoms with Crippen molar-refractivity contribution in [3.05, 3.63) is 0 Å². The number of carbonyl (C=O) groups is 2. The topological polar surface area (TPSA) is 160 Å². The van der Waals surface area contributed by atoms with E-state index < -0.39 is 24.0 Å². The molecule has 0 aromatic carbocycles. The van der Waals surface area contributed by atoms with Crippen molar-refractivity contribution in [2.45, 2.75) is 45.2 Å². The third kappa shape index (κ3) is 8.44. The Morgan fingerprint density at radius 2 is 1.65 bits per heavy atom. The molecule has 116 valence electrons. The van der Waals surface area contributed by atoms with Gasteiger partial charge in [0.15, 0.2) is 5.96 Å². The average Bonchev–Trinajstić information content (AvgIpc) is 2.32. The van der Waals surface area contributed by atoms with E-state index in [-0.39, 0.29) is 11.9 Å². The van der Waals surface area contributed by atoms with Crippen LogP contribution < -0.4 is 22.9 Å². The standard InChI is InChI=1S/C12H25N5O3/c1-7(2)6-9(14)11(19)20-10(18)8(13)4-3-5-17-12(15)16/h7-9H,3-6,13-14H2,1-2H3,(H4,15,16,17)/t8-,9+/m1/s1. The quantitative estimate of drug-likeness (QED) is 0.143. The summed E-state index contributed by atoms with van der Waals surface area (Å²) in [5, 5.41) is 0. The number of guanidine groups is 1. The number of esters is 2. The molecule has 0 bridgehead atoms. The van der Waals surface area contributed by atoms with E-state index in [0.717, 1.165) is 0 Å². The summed E-state index contributed by atoms with van der Waals surface area (Å²) in [6, 6.07) is -1.70. The van der Waals surface area contributed by atoms with Gasteiger partial charge in [-0.15, -0.1) is 0 Å².